The van der Waals surface area contributed by atoms with Crippen LogP contribution in [0.2, 0.25) is 18.1 Å². The summed E-state index contributed by atoms with van der Waals surface area (Å²) in [5.41, 5.74) is 0. The first kappa shape index (κ1) is 16.6. The number of nitrogens with zero attached hydrogens (tertiary/aromatic N) is 1. The highest BCUT2D eigenvalue weighted by atomic mass is 28.4. The van der Waals surface area contributed by atoms with Gasteiger partial charge in [0.05, 0.1) is 6.61 Å². The van der Waals surface area contributed by atoms with E-state index >= 15 is 0 Å². The zero-order chi connectivity index (χ0) is 13.7. The summed E-state index contributed by atoms with van der Waals surface area (Å²) in [4.78, 5) is 12.9. The molecule has 0 unspecified atom stereocenters. The molecule has 0 aromatic heterocycles. The quantitative estimate of drug-likeness (QED) is 0.742. The molecule has 0 radical (unpaired) electrons. The van der Waals surface area contributed by atoms with Gasteiger partial charge >= 0.3 is 0 Å². The Hall–Kier alpha value is -0.393. The maximum atomic E-state index is 11.3. The fourth-order valence-electron chi connectivity index (χ4n) is 1.19. The van der Waals surface area contributed by atoms with Crippen LogP contribution in [0, 0.1) is 0 Å². The first-order valence-electron chi connectivity index (χ1n) is 6.18. The summed E-state index contributed by atoms with van der Waals surface area (Å²) in [6.07, 6.45) is 0. The van der Waals surface area contributed by atoms with Gasteiger partial charge in [0, 0.05) is 13.1 Å². The first-order valence-corrected chi connectivity index (χ1v) is 9.09. The van der Waals surface area contributed by atoms with Crippen molar-refractivity contribution < 1.29 is 14.3 Å². The molecule has 0 saturated carbocycles. The van der Waals surface area contributed by atoms with Crippen molar-refractivity contribution in [1.82, 2.24) is 4.90 Å². The summed E-state index contributed by atoms with van der Waals surface area (Å²) in [7, 11) is -1.73. The highest BCUT2D eigenvalue weighted by molar-refractivity contribution is 6.74. The van der Waals surface area contributed by atoms with Gasteiger partial charge in [0.2, 0.25) is 5.91 Å². The van der Waals surface area contributed by atoms with Crippen LogP contribution in [-0.4, -0.2) is 50.5 Å². The third kappa shape index (κ3) is 5.19. The molecule has 1 amide bonds. The molecule has 102 valence electrons. The molecule has 0 spiro atoms. The van der Waals surface area contributed by atoms with Crippen molar-refractivity contribution in [2.45, 2.75) is 45.8 Å². The zero-order valence-electron chi connectivity index (χ0n) is 12.0. The maximum Gasteiger partial charge on any atom is 0.248 e. The standard InChI is InChI=1S/C12H27NO3Si/c1-7-13(11(15)10-14)8-9-16-17(5,6)12(2,3)4/h14H,7-10H2,1-6H3. The van der Waals surface area contributed by atoms with E-state index in [4.69, 9.17) is 9.53 Å². The summed E-state index contributed by atoms with van der Waals surface area (Å²) in [5.74, 6) is -0.230. The monoisotopic (exact) mass is 261 g/mol. The Morgan fingerprint density at radius 2 is 1.88 bits per heavy atom. The van der Waals surface area contributed by atoms with Gasteiger partial charge in [0.1, 0.15) is 6.61 Å². The minimum Gasteiger partial charge on any atom is -0.415 e. The normalized spacial score (nSPS) is 12.6. The smallest absolute Gasteiger partial charge is 0.248 e. The molecular weight excluding hydrogens is 234 g/mol. The SMILES string of the molecule is CCN(CCO[Si](C)(C)C(C)(C)C)C(=O)CO. The first-order chi connectivity index (χ1) is 7.65. The lowest BCUT2D eigenvalue weighted by molar-refractivity contribution is -0.134. The van der Waals surface area contributed by atoms with Gasteiger partial charge in [-0.2, -0.15) is 0 Å². The third-order valence-electron chi connectivity index (χ3n) is 3.50. The van der Waals surface area contributed by atoms with E-state index in [0.717, 1.165) is 0 Å². The second-order valence-corrected chi connectivity index (χ2v) is 10.5. The van der Waals surface area contributed by atoms with Gasteiger partial charge in [-0.1, -0.05) is 20.8 Å². The topological polar surface area (TPSA) is 49.8 Å². The Bertz CT molecular complexity index is 249. The fraction of sp³-hybridized carbons (Fsp3) is 0.917. The number of likely N-dealkylation sites (N-methyl/N-ethyl adjacent to an activating group) is 1. The Balaban J connectivity index is 4.18. The predicted octanol–water partition coefficient (Wildman–Crippen LogP) is 1.85. The number of rotatable bonds is 6. The molecule has 0 atom stereocenters. The van der Waals surface area contributed by atoms with Crippen molar-refractivity contribution in [3.05, 3.63) is 0 Å². The van der Waals surface area contributed by atoms with Crippen LogP contribution in [0.4, 0.5) is 0 Å². The van der Waals surface area contributed by atoms with Gasteiger partial charge in [0.15, 0.2) is 8.32 Å². The van der Waals surface area contributed by atoms with E-state index in [1.54, 1.807) is 4.90 Å². The molecule has 0 fully saturated rings. The van der Waals surface area contributed by atoms with Crippen LogP contribution in [0.25, 0.3) is 0 Å². The van der Waals surface area contributed by atoms with Gasteiger partial charge in [-0.05, 0) is 25.1 Å². The van der Waals surface area contributed by atoms with Crippen molar-refractivity contribution in [2.24, 2.45) is 0 Å². The maximum absolute atomic E-state index is 11.3. The number of carbonyl (C=O) groups is 1. The summed E-state index contributed by atoms with van der Waals surface area (Å²) in [6, 6.07) is 0. The van der Waals surface area contributed by atoms with Gasteiger partial charge < -0.3 is 14.4 Å². The van der Waals surface area contributed by atoms with Crippen LogP contribution >= 0.6 is 0 Å². The van der Waals surface area contributed by atoms with Crippen molar-refractivity contribution in [3.8, 4) is 0 Å². The summed E-state index contributed by atoms with van der Waals surface area (Å²) in [5, 5.41) is 8.99. The zero-order valence-corrected chi connectivity index (χ0v) is 13.0. The molecule has 0 rings (SSSR count). The van der Waals surface area contributed by atoms with Crippen molar-refractivity contribution in [2.75, 3.05) is 26.3 Å². The Labute approximate surface area is 106 Å². The van der Waals surface area contributed by atoms with E-state index in [2.05, 4.69) is 33.9 Å². The minimum atomic E-state index is -1.73. The van der Waals surface area contributed by atoms with E-state index < -0.39 is 14.9 Å². The lowest BCUT2D eigenvalue weighted by Gasteiger charge is -2.36. The molecule has 0 aliphatic heterocycles. The Morgan fingerprint density at radius 1 is 1.35 bits per heavy atom. The van der Waals surface area contributed by atoms with E-state index in [-0.39, 0.29) is 10.9 Å². The molecule has 0 bridgehead atoms. The molecule has 0 aromatic rings. The number of hydrogen-bond acceptors (Lipinski definition) is 3. The van der Waals surface area contributed by atoms with Crippen molar-refractivity contribution >= 4 is 14.2 Å². The highest BCUT2D eigenvalue weighted by Crippen LogP contribution is 2.36. The van der Waals surface area contributed by atoms with Crippen LogP contribution in [0.5, 0.6) is 0 Å². The number of aliphatic hydroxyl groups excluding tert-OH is 1. The van der Waals surface area contributed by atoms with E-state index in [0.29, 0.717) is 19.7 Å². The average Bonchev–Trinajstić information content (AvgIpc) is 2.21. The average molecular weight is 261 g/mol. The minimum absolute atomic E-state index is 0.186. The molecule has 1 N–H and O–H groups in total. The van der Waals surface area contributed by atoms with Gasteiger partial charge in [0.25, 0.3) is 0 Å². The van der Waals surface area contributed by atoms with Gasteiger partial charge in [-0.25, -0.2) is 0 Å². The number of aliphatic hydroxyl groups is 1. The van der Waals surface area contributed by atoms with E-state index in [1.807, 2.05) is 6.92 Å². The summed E-state index contributed by atoms with van der Waals surface area (Å²) < 4.78 is 5.98. The van der Waals surface area contributed by atoms with E-state index in [1.165, 1.54) is 0 Å². The van der Waals surface area contributed by atoms with Crippen LogP contribution < -0.4 is 0 Å². The largest absolute Gasteiger partial charge is 0.415 e. The number of amides is 1. The third-order valence-corrected chi connectivity index (χ3v) is 8.04. The molecule has 0 aliphatic rings. The van der Waals surface area contributed by atoms with Crippen LogP contribution in [0.1, 0.15) is 27.7 Å². The van der Waals surface area contributed by atoms with Crippen molar-refractivity contribution in [1.29, 1.82) is 0 Å². The van der Waals surface area contributed by atoms with Crippen LogP contribution in [-0.2, 0) is 9.22 Å². The summed E-state index contributed by atoms with van der Waals surface area (Å²) >= 11 is 0. The highest BCUT2D eigenvalue weighted by Gasteiger charge is 2.37. The van der Waals surface area contributed by atoms with Crippen LogP contribution in [0.3, 0.4) is 0 Å². The number of hydrogen-bond donors (Lipinski definition) is 1. The van der Waals surface area contributed by atoms with Crippen LogP contribution in [0.15, 0.2) is 0 Å². The second kappa shape index (κ2) is 6.52. The second-order valence-electron chi connectivity index (χ2n) is 5.74. The molecule has 0 heterocycles. The molecular formula is C12H27NO3Si. The van der Waals surface area contributed by atoms with Gasteiger partial charge in [-0.15, -0.1) is 0 Å². The Morgan fingerprint density at radius 3 is 2.24 bits per heavy atom. The molecule has 5 heteroatoms. The van der Waals surface area contributed by atoms with E-state index in [9.17, 15) is 4.79 Å². The Kier molecular flexibility index (Phi) is 6.36. The van der Waals surface area contributed by atoms with Crippen molar-refractivity contribution in [3.63, 3.8) is 0 Å². The summed E-state index contributed by atoms with van der Waals surface area (Å²) in [6.45, 7) is 14.2. The predicted molar refractivity (Wildman–Crippen MR) is 72.5 cm³/mol. The molecule has 17 heavy (non-hydrogen) atoms. The lowest BCUT2D eigenvalue weighted by atomic mass is 10.2. The fourth-order valence-corrected chi connectivity index (χ4v) is 2.22. The molecule has 0 aliphatic carbocycles. The number of carbonyl (C=O) groups excluding carboxylic acids is 1. The molecule has 0 aromatic carbocycles. The molecule has 4 nitrogen and oxygen atoms in total. The van der Waals surface area contributed by atoms with Gasteiger partial charge in [-0.3, -0.25) is 4.79 Å². The lowest BCUT2D eigenvalue weighted by Crippen LogP contribution is -2.44. The molecule has 0 saturated heterocycles.